The summed E-state index contributed by atoms with van der Waals surface area (Å²) in [6.45, 7) is 4.61. The summed E-state index contributed by atoms with van der Waals surface area (Å²) in [5, 5.41) is 5.52. The van der Waals surface area contributed by atoms with Crippen molar-refractivity contribution in [1.29, 1.82) is 0 Å². The predicted molar refractivity (Wildman–Crippen MR) is 75.7 cm³/mol. The number of amides is 2. The first-order valence-corrected chi connectivity index (χ1v) is 6.43. The Labute approximate surface area is 113 Å². The molecule has 0 saturated carbocycles. The smallest absolute Gasteiger partial charge is 0.228 e. The lowest BCUT2D eigenvalue weighted by molar-refractivity contribution is -0.120. The lowest BCUT2D eigenvalue weighted by atomic mass is 10.1. The van der Waals surface area contributed by atoms with Crippen LogP contribution in [0.2, 0.25) is 0 Å². The zero-order valence-corrected chi connectivity index (χ0v) is 11.4. The van der Waals surface area contributed by atoms with E-state index in [1.807, 2.05) is 19.1 Å². The van der Waals surface area contributed by atoms with Crippen LogP contribution in [0.3, 0.4) is 0 Å². The van der Waals surface area contributed by atoms with E-state index >= 15 is 0 Å². The maximum Gasteiger partial charge on any atom is 0.228 e. The summed E-state index contributed by atoms with van der Waals surface area (Å²) in [6, 6.07) is 7.24. The molecule has 104 valence electrons. The maximum atomic E-state index is 11.6. The monoisotopic (exact) mass is 263 g/mol. The maximum absolute atomic E-state index is 11.6. The first kappa shape index (κ1) is 15.2. The van der Waals surface area contributed by atoms with Gasteiger partial charge in [0.1, 0.15) is 0 Å². The molecule has 2 amide bonds. The largest absolute Gasteiger partial charge is 0.356 e. The van der Waals surface area contributed by atoms with Crippen molar-refractivity contribution in [2.75, 3.05) is 18.4 Å². The second-order valence-electron chi connectivity index (χ2n) is 4.45. The number of rotatable bonds is 6. The topological polar surface area (TPSA) is 84.2 Å². The van der Waals surface area contributed by atoms with Gasteiger partial charge in [-0.05, 0) is 24.6 Å². The first-order valence-electron chi connectivity index (χ1n) is 6.43. The molecule has 1 aromatic carbocycles. The van der Waals surface area contributed by atoms with Crippen LogP contribution in [0.15, 0.2) is 24.3 Å². The number of anilines is 1. The number of likely N-dealkylation sites (N-methyl/N-ethyl adjacent to an activating group) is 1. The molecule has 0 aliphatic carbocycles. The van der Waals surface area contributed by atoms with E-state index in [0.29, 0.717) is 25.2 Å². The number of nitrogens with two attached hydrogens (primary N) is 1. The summed E-state index contributed by atoms with van der Waals surface area (Å²) in [5.41, 5.74) is 7.05. The highest BCUT2D eigenvalue weighted by molar-refractivity contribution is 5.92. The van der Waals surface area contributed by atoms with Crippen molar-refractivity contribution in [3.8, 4) is 0 Å². The molecule has 0 radical (unpaired) electrons. The molecule has 0 fully saturated rings. The van der Waals surface area contributed by atoms with Gasteiger partial charge >= 0.3 is 0 Å². The molecule has 0 bridgehead atoms. The standard InChI is InChI=1S/C14H21N3O2/c1-3-16-13(18)8-11-4-6-12(7-5-11)17-14(19)10(2)9-15/h4-7,10H,3,8-9,15H2,1-2H3,(H,16,18)(H,17,19). The van der Waals surface area contributed by atoms with Crippen LogP contribution in [-0.4, -0.2) is 24.9 Å². The second kappa shape index (κ2) is 7.53. The predicted octanol–water partition coefficient (Wildman–Crippen LogP) is 0.899. The molecular weight excluding hydrogens is 242 g/mol. The molecule has 0 aromatic heterocycles. The van der Waals surface area contributed by atoms with Gasteiger partial charge in [0.2, 0.25) is 11.8 Å². The van der Waals surface area contributed by atoms with Crippen molar-refractivity contribution in [3.05, 3.63) is 29.8 Å². The Morgan fingerprint density at radius 3 is 2.42 bits per heavy atom. The molecule has 0 aliphatic rings. The molecule has 4 N–H and O–H groups in total. The average Bonchev–Trinajstić information content (AvgIpc) is 2.40. The normalized spacial score (nSPS) is 11.7. The quantitative estimate of drug-likeness (QED) is 0.713. The van der Waals surface area contributed by atoms with Gasteiger partial charge in [0.25, 0.3) is 0 Å². The fourth-order valence-corrected chi connectivity index (χ4v) is 1.52. The van der Waals surface area contributed by atoms with Gasteiger partial charge in [-0.3, -0.25) is 9.59 Å². The molecule has 0 heterocycles. The van der Waals surface area contributed by atoms with E-state index in [1.165, 1.54) is 0 Å². The van der Waals surface area contributed by atoms with E-state index in [2.05, 4.69) is 10.6 Å². The molecule has 5 heteroatoms. The summed E-state index contributed by atoms with van der Waals surface area (Å²) in [5.74, 6) is -0.315. The van der Waals surface area contributed by atoms with Crippen LogP contribution < -0.4 is 16.4 Å². The van der Waals surface area contributed by atoms with E-state index in [-0.39, 0.29) is 17.7 Å². The Morgan fingerprint density at radius 2 is 1.89 bits per heavy atom. The van der Waals surface area contributed by atoms with Gasteiger partial charge in [0.05, 0.1) is 6.42 Å². The van der Waals surface area contributed by atoms with E-state index in [4.69, 9.17) is 5.73 Å². The van der Waals surface area contributed by atoms with E-state index in [0.717, 1.165) is 5.56 Å². The van der Waals surface area contributed by atoms with E-state index < -0.39 is 0 Å². The molecular formula is C14H21N3O2. The van der Waals surface area contributed by atoms with Crippen molar-refractivity contribution < 1.29 is 9.59 Å². The van der Waals surface area contributed by atoms with Crippen molar-refractivity contribution in [2.45, 2.75) is 20.3 Å². The molecule has 1 atom stereocenters. The number of benzene rings is 1. The molecule has 0 aliphatic heterocycles. The van der Waals surface area contributed by atoms with Crippen LogP contribution in [-0.2, 0) is 16.0 Å². The van der Waals surface area contributed by atoms with Gasteiger partial charge in [-0.2, -0.15) is 0 Å². The van der Waals surface area contributed by atoms with Crippen LogP contribution in [0.4, 0.5) is 5.69 Å². The van der Waals surface area contributed by atoms with Crippen molar-refractivity contribution in [2.24, 2.45) is 11.7 Å². The fraction of sp³-hybridized carbons (Fsp3) is 0.429. The third kappa shape index (κ3) is 5.09. The van der Waals surface area contributed by atoms with Gasteiger partial charge in [0, 0.05) is 24.7 Å². The highest BCUT2D eigenvalue weighted by Crippen LogP contribution is 2.11. The van der Waals surface area contributed by atoms with E-state index in [1.54, 1.807) is 19.1 Å². The van der Waals surface area contributed by atoms with Crippen molar-refractivity contribution in [1.82, 2.24) is 5.32 Å². The Balaban J connectivity index is 2.56. The highest BCUT2D eigenvalue weighted by atomic mass is 16.2. The number of hydrogen-bond donors (Lipinski definition) is 3. The lowest BCUT2D eigenvalue weighted by Crippen LogP contribution is -2.26. The summed E-state index contributed by atoms with van der Waals surface area (Å²) in [7, 11) is 0. The van der Waals surface area contributed by atoms with Gasteiger partial charge in [-0.25, -0.2) is 0 Å². The molecule has 19 heavy (non-hydrogen) atoms. The molecule has 1 rings (SSSR count). The summed E-state index contributed by atoms with van der Waals surface area (Å²) in [4.78, 5) is 23.0. The molecule has 1 aromatic rings. The van der Waals surface area contributed by atoms with Crippen LogP contribution in [0.25, 0.3) is 0 Å². The van der Waals surface area contributed by atoms with E-state index in [9.17, 15) is 9.59 Å². The minimum absolute atomic E-state index is 0.00367. The molecule has 5 nitrogen and oxygen atoms in total. The average molecular weight is 263 g/mol. The first-order chi connectivity index (χ1) is 9.06. The van der Waals surface area contributed by atoms with Crippen molar-refractivity contribution in [3.63, 3.8) is 0 Å². The summed E-state index contributed by atoms with van der Waals surface area (Å²) >= 11 is 0. The zero-order valence-electron chi connectivity index (χ0n) is 11.4. The number of carbonyl (C=O) groups excluding carboxylic acids is 2. The van der Waals surface area contributed by atoms with Crippen LogP contribution >= 0.6 is 0 Å². The Hall–Kier alpha value is -1.88. The Bertz CT molecular complexity index is 429. The van der Waals surface area contributed by atoms with Crippen LogP contribution in [0.5, 0.6) is 0 Å². The minimum Gasteiger partial charge on any atom is -0.356 e. The summed E-state index contributed by atoms with van der Waals surface area (Å²) in [6.07, 6.45) is 0.348. The lowest BCUT2D eigenvalue weighted by Gasteiger charge is -2.10. The van der Waals surface area contributed by atoms with Gasteiger partial charge in [-0.15, -0.1) is 0 Å². The Kier molecular flexibility index (Phi) is 6.02. The van der Waals surface area contributed by atoms with Gasteiger partial charge in [-0.1, -0.05) is 19.1 Å². The Morgan fingerprint density at radius 1 is 1.26 bits per heavy atom. The zero-order chi connectivity index (χ0) is 14.3. The molecule has 0 saturated heterocycles. The van der Waals surface area contributed by atoms with Crippen LogP contribution in [0, 0.1) is 5.92 Å². The third-order valence-corrected chi connectivity index (χ3v) is 2.76. The molecule has 1 unspecified atom stereocenters. The third-order valence-electron chi connectivity index (χ3n) is 2.76. The minimum atomic E-state index is -0.213. The van der Waals surface area contributed by atoms with Crippen LogP contribution in [0.1, 0.15) is 19.4 Å². The summed E-state index contributed by atoms with van der Waals surface area (Å²) < 4.78 is 0. The SMILES string of the molecule is CCNC(=O)Cc1ccc(NC(=O)C(C)CN)cc1. The highest BCUT2D eigenvalue weighted by Gasteiger charge is 2.10. The van der Waals surface area contributed by atoms with Gasteiger partial charge < -0.3 is 16.4 Å². The fourth-order valence-electron chi connectivity index (χ4n) is 1.52. The van der Waals surface area contributed by atoms with Gasteiger partial charge in [0.15, 0.2) is 0 Å². The second-order valence-corrected chi connectivity index (χ2v) is 4.45. The number of hydrogen-bond acceptors (Lipinski definition) is 3. The number of carbonyl (C=O) groups is 2. The van der Waals surface area contributed by atoms with Crippen molar-refractivity contribution >= 4 is 17.5 Å². The molecule has 0 spiro atoms. The number of nitrogens with one attached hydrogen (secondary N) is 2.